The van der Waals surface area contributed by atoms with Crippen molar-refractivity contribution in [1.29, 1.82) is 0 Å². The van der Waals surface area contributed by atoms with E-state index < -0.39 is 0 Å². The molecule has 0 atom stereocenters. The summed E-state index contributed by atoms with van der Waals surface area (Å²) in [5.41, 5.74) is 4.75. The molecule has 19 heavy (non-hydrogen) atoms. The van der Waals surface area contributed by atoms with Gasteiger partial charge >= 0.3 is 0 Å². The number of nitrogens with zero attached hydrogens (tertiary/aromatic N) is 1. The number of hydrogen-bond donors (Lipinski definition) is 1. The lowest BCUT2D eigenvalue weighted by Gasteiger charge is -2.16. The number of pyridine rings is 1. The fourth-order valence-electron chi connectivity index (χ4n) is 2.63. The van der Waals surface area contributed by atoms with Gasteiger partial charge < -0.3 is 5.32 Å². The minimum Gasteiger partial charge on any atom is -0.379 e. The first kappa shape index (κ1) is 12.8. The van der Waals surface area contributed by atoms with Gasteiger partial charge in [0.25, 0.3) is 0 Å². The molecule has 0 bridgehead atoms. The average Bonchev–Trinajstić information content (AvgIpc) is 2.76. The summed E-state index contributed by atoms with van der Waals surface area (Å²) in [5, 5.41) is 4.38. The molecule has 0 radical (unpaired) electrons. The third kappa shape index (κ3) is 2.56. The van der Waals surface area contributed by atoms with Crippen molar-refractivity contribution in [2.24, 2.45) is 0 Å². The van der Waals surface area contributed by atoms with E-state index in [1.165, 1.54) is 11.1 Å². The maximum atomic E-state index is 6.17. The molecule has 1 aromatic carbocycles. The maximum absolute atomic E-state index is 6.17. The van der Waals surface area contributed by atoms with E-state index in [1.807, 2.05) is 13.0 Å². The molecule has 0 saturated carbocycles. The van der Waals surface area contributed by atoms with Crippen molar-refractivity contribution in [1.82, 2.24) is 4.98 Å². The molecule has 0 aliphatic heterocycles. The predicted octanol–water partition coefficient (Wildman–Crippen LogP) is 4.28. The maximum Gasteiger partial charge on any atom is 0.154 e. The molecule has 1 heterocycles. The molecular weight excluding hydrogens is 279 g/mol. The van der Waals surface area contributed by atoms with E-state index in [0.29, 0.717) is 16.3 Å². The number of benzene rings is 1. The van der Waals surface area contributed by atoms with Crippen molar-refractivity contribution in [2.45, 2.75) is 25.8 Å². The normalized spacial score (nSPS) is 14.5. The first-order chi connectivity index (χ1) is 9.13. The van der Waals surface area contributed by atoms with Crippen LogP contribution in [0.3, 0.4) is 0 Å². The molecule has 0 saturated heterocycles. The van der Waals surface area contributed by atoms with E-state index in [0.717, 1.165) is 24.1 Å². The monoisotopic (exact) mass is 292 g/mol. The van der Waals surface area contributed by atoms with Crippen molar-refractivity contribution < 1.29 is 0 Å². The predicted molar refractivity (Wildman–Crippen MR) is 80.3 cm³/mol. The second-order valence-electron chi connectivity index (χ2n) is 4.95. The van der Waals surface area contributed by atoms with Gasteiger partial charge in [0.05, 0.1) is 5.69 Å². The molecule has 2 aromatic rings. The quantitative estimate of drug-likeness (QED) is 0.836. The molecule has 3 rings (SSSR count). The Bertz CT molecular complexity index is 577. The summed E-state index contributed by atoms with van der Waals surface area (Å²) in [6.07, 6.45) is 2.04. The van der Waals surface area contributed by atoms with E-state index in [1.54, 1.807) is 0 Å². The van der Waals surface area contributed by atoms with E-state index >= 15 is 0 Å². The molecule has 0 spiro atoms. The van der Waals surface area contributed by atoms with Gasteiger partial charge in [-0.1, -0.05) is 47.5 Å². The number of fused-ring (bicyclic) bond motifs is 1. The fraction of sp³-hybridized carbons (Fsp3) is 0.267. The zero-order valence-electron chi connectivity index (χ0n) is 10.6. The van der Waals surface area contributed by atoms with Crippen LogP contribution in [0.1, 0.15) is 16.7 Å². The molecule has 98 valence electrons. The number of rotatable bonds is 2. The highest BCUT2D eigenvalue weighted by Crippen LogP contribution is 2.30. The Morgan fingerprint density at radius 1 is 1.16 bits per heavy atom. The lowest BCUT2D eigenvalue weighted by molar-refractivity contribution is 0.772. The summed E-state index contributed by atoms with van der Waals surface area (Å²) in [6.45, 7) is 1.99. The number of aromatic nitrogens is 1. The molecule has 0 unspecified atom stereocenters. The van der Waals surface area contributed by atoms with Gasteiger partial charge in [-0.15, -0.1) is 0 Å². The van der Waals surface area contributed by atoms with Gasteiger partial charge in [0, 0.05) is 6.04 Å². The smallest absolute Gasteiger partial charge is 0.154 e. The molecule has 1 aromatic heterocycles. The SMILES string of the molecule is Cc1cc(Cl)nc(Cl)c1NC1Cc2ccccc2C1. The molecule has 4 heteroatoms. The standard InChI is InChI=1S/C15H14Cl2N2/c1-9-6-13(16)19-15(17)14(9)18-12-7-10-4-2-3-5-11(10)8-12/h2-6,12,18H,7-8H2,1H3. The highest BCUT2D eigenvalue weighted by molar-refractivity contribution is 6.34. The van der Waals surface area contributed by atoms with Crippen molar-refractivity contribution in [3.8, 4) is 0 Å². The second-order valence-corrected chi connectivity index (χ2v) is 5.69. The van der Waals surface area contributed by atoms with E-state index in [2.05, 4.69) is 34.6 Å². The van der Waals surface area contributed by atoms with Crippen molar-refractivity contribution in [3.05, 3.63) is 57.3 Å². The highest BCUT2D eigenvalue weighted by Gasteiger charge is 2.22. The number of halogens is 2. The van der Waals surface area contributed by atoms with Crippen LogP contribution in [0.5, 0.6) is 0 Å². The summed E-state index contributed by atoms with van der Waals surface area (Å²) >= 11 is 12.1. The van der Waals surface area contributed by atoms with Gasteiger partial charge in [-0.25, -0.2) is 4.98 Å². The van der Waals surface area contributed by atoms with Gasteiger partial charge in [0.1, 0.15) is 5.15 Å². The minimum atomic E-state index is 0.372. The molecule has 1 N–H and O–H groups in total. The largest absolute Gasteiger partial charge is 0.379 e. The lowest BCUT2D eigenvalue weighted by Crippen LogP contribution is -2.20. The van der Waals surface area contributed by atoms with Crippen molar-refractivity contribution in [3.63, 3.8) is 0 Å². The van der Waals surface area contributed by atoms with Crippen LogP contribution in [0.4, 0.5) is 5.69 Å². The molecule has 0 fully saturated rings. The van der Waals surface area contributed by atoms with Crippen LogP contribution in [0, 0.1) is 6.92 Å². The number of anilines is 1. The van der Waals surface area contributed by atoms with Crippen LogP contribution >= 0.6 is 23.2 Å². The van der Waals surface area contributed by atoms with Crippen molar-refractivity contribution in [2.75, 3.05) is 5.32 Å². The number of nitrogens with one attached hydrogen (secondary N) is 1. The molecule has 1 aliphatic carbocycles. The van der Waals surface area contributed by atoms with Gasteiger partial charge in [-0.05, 0) is 42.5 Å². The molecule has 2 nitrogen and oxygen atoms in total. The Kier molecular flexibility index (Phi) is 3.38. The highest BCUT2D eigenvalue weighted by atomic mass is 35.5. The Morgan fingerprint density at radius 2 is 1.79 bits per heavy atom. The molecule has 1 aliphatic rings. The van der Waals surface area contributed by atoms with Crippen LogP contribution < -0.4 is 5.32 Å². The topological polar surface area (TPSA) is 24.9 Å². The third-order valence-electron chi connectivity index (χ3n) is 3.54. The zero-order chi connectivity index (χ0) is 13.4. The zero-order valence-corrected chi connectivity index (χ0v) is 12.1. The summed E-state index contributed by atoms with van der Waals surface area (Å²) in [4.78, 5) is 4.09. The second kappa shape index (κ2) is 5.03. The van der Waals surface area contributed by atoms with Gasteiger partial charge in [-0.3, -0.25) is 0 Å². The third-order valence-corrected chi connectivity index (χ3v) is 4.01. The Labute approximate surface area is 122 Å². The first-order valence-electron chi connectivity index (χ1n) is 6.29. The first-order valence-corrected chi connectivity index (χ1v) is 7.05. The van der Waals surface area contributed by atoms with Crippen LogP contribution in [-0.4, -0.2) is 11.0 Å². The van der Waals surface area contributed by atoms with Crippen molar-refractivity contribution >= 4 is 28.9 Å². The van der Waals surface area contributed by atoms with E-state index in [9.17, 15) is 0 Å². The lowest BCUT2D eigenvalue weighted by atomic mass is 10.1. The van der Waals surface area contributed by atoms with Crippen LogP contribution in [-0.2, 0) is 12.8 Å². The fourth-order valence-corrected chi connectivity index (χ4v) is 3.22. The van der Waals surface area contributed by atoms with Gasteiger partial charge in [0.2, 0.25) is 0 Å². The van der Waals surface area contributed by atoms with Crippen LogP contribution in [0.15, 0.2) is 30.3 Å². The van der Waals surface area contributed by atoms with Crippen LogP contribution in [0.2, 0.25) is 10.3 Å². The summed E-state index contributed by atoms with van der Waals surface area (Å²) in [7, 11) is 0. The molecule has 0 amide bonds. The average molecular weight is 293 g/mol. The summed E-state index contributed by atoms with van der Waals surface area (Å²) in [5.74, 6) is 0. The minimum absolute atomic E-state index is 0.372. The van der Waals surface area contributed by atoms with E-state index in [-0.39, 0.29) is 0 Å². The molecular formula is C15H14Cl2N2. The number of aryl methyl sites for hydroxylation is 1. The Balaban J connectivity index is 1.82. The van der Waals surface area contributed by atoms with Crippen LogP contribution in [0.25, 0.3) is 0 Å². The van der Waals surface area contributed by atoms with E-state index in [4.69, 9.17) is 23.2 Å². The summed E-state index contributed by atoms with van der Waals surface area (Å²) in [6, 6.07) is 10.7. The van der Waals surface area contributed by atoms with Gasteiger partial charge in [0.15, 0.2) is 5.15 Å². The number of hydrogen-bond acceptors (Lipinski definition) is 2. The Hall–Kier alpha value is -1.25. The van der Waals surface area contributed by atoms with Gasteiger partial charge in [-0.2, -0.15) is 0 Å². The Morgan fingerprint density at radius 3 is 2.37 bits per heavy atom. The summed E-state index contributed by atoms with van der Waals surface area (Å²) < 4.78 is 0.